The Kier molecular flexibility index (Phi) is 3.86. The van der Waals surface area contributed by atoms with Gasteiger partial charge in [0.05, 0.1) is 11.6 Å². The number of hydrogen-bond donors (Lipinski definition) is 1. The first-order valence-corrected chi connectivity index (χ1v) is 5.44. The molecule has 1 aromatic rings. The first kappa shape index (κ1) is 12.2. The molecule has 0 saturated carbocycles. The fourth-order valence-corrected chi connectivity index (χ4v) is 1.27. The van der Waals surface area contributed by atoms with E-state index in [2.05, 4.69) is 20.8 Å². The van der Waals surface area contributed by atoms with Crippen LogP contribution in [-0.4, -0.2) is 6.61 Å². The van der Waals surface area contributed by atoms with Crippen molar-refractivity contribution in [1.29, 1.82) is 0 Å². The molecule has 1 rings (SSSR count). The summed E-state index contributed by atoms with van der Waals surface area (Å²) in [6.45, 7) is 7.19. The molecule has 0 saturated heterocycles. The van der Waals surface area contributed by atoms with Gasteiger partial charge in [-0.2, -0.15) is 0 Å². The number of nitrogens with two attached hydrogens (primary N) is 1. The van der Waals surface area contributed by atoms with Gasteiger partial charge in [-0.1, -0.05) is 32.4 Å². The van der Waals surface area contributed by atoms with E-state index in [1.807, 2.05) is 0 Å². The van der Waals surface area contributed by atoms with E-state index in [0.717, 1.165) is 6.42 Å². The minimum Gasteiger partial charge on any atom is -0.492 e. The van der Waals surface area contributed by atoms with Crippen molar-refractivity contribution in [2.45, 2.75) is 27.2 Å². The summed E-state index contributed by atoms with van der Waals surface area (Å²) in [5.41, 5.74) is 6.59. The van der Waals surface area contributed by atoms with Crippen LogP contribution in [0.1, 0.15) is 27.2 Å². The van der Waals surface area contributed by atoms with Crippen molar-refractivity contribution in [3.63, 3.8) is 0 Å². The molecule has 0 heterocycles. The minimum absolute atomic E-state index is 0.271. The van der Waals surface area contributed by atoms with Crippen molar-refractivity contribution >= 4 is 17.3 Å². The molecule has 1 aromatic carbocycles. The molecule has 0 aromatic heterocycles. The normalized spacial score (nSPS) is 11.5. The second-order valence-corrected chi connectivity index (χ2v) is 5.26. The summed E-state index contributed by atoms with van der Waals surface area (Å²) in [7, 11) is 0. The number of hydrogen-bond acceptors (Lipinski definition) is 2. The molecule has 0 aliphatic rings. The van der Waals surface area contributed by atoms with Crippen LogP contribution in [0.5, 0.6) is 5.75 Å². The lowest BCUT2D eigenvalue weighted by molar-refractivity contribution is 0.243. The van der Waals surface area contributed by atoms with Crippen molar-refractivity contribution in [2.75, 3.05) is 12.3 Å². The second kappa shape index (κ2) is 4.75. The average molecular weight is 228 g/mol. The number of ether oxygens (including phenoxy) is 1. The van der Waals surface area contributed by atoms with Gasteiger partial charge in [0.1, 0.15) is 5.75 Å². The lowest BCUT2D eigenvalue weighted by Gasteiger charge is -2.18. The Morgan fingerprint density at radius 2 is 2.00 bits per heavy atom. The molecular weight excluding hydrogens is 210 g/mol. The van der Waals surface area contributed by atoms with Gasteiger partial charge in [0.2, 0.25) is 0 Å². The Morgan fingerprint density at radius 1 is 1.33 bits per heavy atom. The quantitative estimate of drug-likeness (QED) is 0.799. The second-order valence-electron chi connectivity index (χ2n) is 4.85. The van der Waals surface area contributed by atoms with Gasteiger partial charge in [-0.25, -0.2) is 0 Å². The monoisotopic (exact) mass is 227 g/mol. The molecule has 0 fully saturated rings. The van der Waals surface area contributed by atoms with Crippen molar-refractivity contribution < 1.29 is 4.74 Å². The van der Waals surface area contributed by atoms with E-state index in [1.54, 1.807) is 18.2 Å². The van der Waals surface area contributed by atoms with Crippen LogP contribution in [0.25, 0.3) is 0 Å². The van der Waals surface area contributed by atoms with Gasteiger partial charge in [-0.3, -0.25) is 0 Å². The molecular formula is C12H18ClNO. The lowest BCUT2D eigenvalue weighted by atomic mass is 9.93. The summed E-state index contributed by atoms with van der Waals surface area (Å²) in [6, 6.07) is 5.27. The van der Waals surface area contributed by atoms with Crippen molar-refractivity contribution in [3.05, 3.63) is 23.2 Å². The van der Waals surface area contributed by atoms with E-state index in [0.29, 0.717) is 23.1 Å². The number of benzene rings is 1. The maximum atomic E-state index is 5.97. The summed E-state index contributed by atoms with van der Waals surface area (Å²) in [5, 5.41) is 0.609. The third kappa shape index (κ3) is 4.43. The largest absolute Gasteiger partial charge is 0.492 e. The zero-order valence-corrected chi connectivity index (χ0v) is 10.3. The molecule has 15 heavy (non-hydrogen) atoms. The highest BCUT2D eigenvalue weighted by molar-refractivity contribution is 6.32. The third-order valence-electron chi connectivity index (χ3n) is 2.06. The van der Waals surface area contributed by atoms with Gasteiger partial charge < -0.3 is 10.5 Å². The molecule has 2 nitrogen and oxygen atoms in total. The fourth-order valence-electron chi connectivity index (χ4n) is 1.10. The Morgan fingerprint density at radius 3 is 2.60 bits per heavy atom. The highest BCUT2D eigenvalue weighted by Gasteiger charge is 2.10. The van der Waals surface area contributed by atoms with Crippen LogP contribution in [0, 0.1) is 5.41 Å². The van der Waals surface area contributed by atoms with E-state index in [1.165, 1.54) is 0 Å². The van der Waals surface area contributed by atoms with Crippen LogP contribution in [0.4, 0.5) is 5.69 Å². The smallest absolute Gasteiger partial charge is 0.139 e. The molecule has 3 heteroatoms. The molecule has 0 amide bonds. The van der Waals surface area contributed by atoms with E-state index < -0.39 is 0 Å². The Balaban J connectivity index is 2.54. The highest BCUT2D eigenvalue weighted by Crippen LogP contribution is 2.27. The number of rotatable bonds is 3. The van der Waals surface area contributed by atoms with Gasteiger partial charge >= 0.3 is 0 Å². The number of nitrogen functional groups attached to an aromatic ring is 1. The predicted molar refractivity (Wildman–Crippen MR) is 65.4 cm³/mol. The third-order valence-corrected chi connectivity index (χ3v) is 2.38. The summed E-state index contributed by atoms with van der Waals surface area (Å²) in [4.78, 5) is 0. The maximum Gasteiger partial charge on any atom is 0.139 e. The summed E-state index contributed by atoms with van der Waals surface area (Å²) >= 11 is 5.97. The topological polar surface area (TPSA) is 35.2 Å². The van der Waals surface area contributed by atoms with Gasteiger partial charge in [0, 0.05) is 11.8 Å². The Hall–Kier alpha value is -0.890. The van der Waals surface area contributed by atoms with Gasteiger partial charge in [0.15, 0.2) is 0 Å². The minimum atomic E-state index is 0.271. The maximum absolute atomic E-state index is 5.97. The molecule has 0 aliphatic heterocycles. The van der Waals surface area contributed by atoms with E-state index >= 15 is 0 Å². The van der Waals surface area contributed by atoms with Crippen LogP contribution in [-0.2, 0) is 0 Å². The van der Waals surface area contributed by atoms with E-state index in [-0.39, 0.29) is 5.41 Å². The van der Waals surface area contributed by atoms with Crippen molar-refractivity contribution in [3.8, 4) is 5.75 Å². The van der Waals surface area contributed by atoms with Gasteiger partial charge in [-0.15, -0.1) is 0 Å². The van der Waals surface area contributed by atoms with Gasteiger partial charge in [-0.05, 0) is 24.0 Å². The first-order chi connectivity index (χ1) is 6.88. The van der Waals surface area contributed by atoms with E-state index in [9.17, 15) is 0 Å². The van der Waals surface area contributed by atoms with Crippen LogP contribution >= 0.6 is 11.6 Å². The SMILES string of the molecule is CC(C)(C)CCOc1cc(N)ccc1Cl. The summed E-state index contributed by atoms with van der Waals surface area (Å²) < 4.78 is 5.58. The Bertz CT molecular complexity index is 331. The number of anilines is 1. The highest BCUT2D eigenvalue weighted by atomic mass is 35.5. The first-order valence-electron chi connectivity index (χ1n) is 5.06. The molecule has 0 radical (unpaired) electrons. The molecule has 0 unspecified atom stereocenters. The standard InChI is InChI=1S/C12H18ClNO/c1-12(2,3)6-7-15-11-8-9(14)4-5-10(11)13/h4-5,8H,6-7,14H2,1-3H3. The summed E-state index contributed by atoms with van der Waals surface area (Å²) in [5.74, 6) is 0.668. The zero-order valence-electron chi connectivity index (χ0n) is 9.51. The number of halogens is 1. The van der Waals surface area contributed by atoms with Crippen molar-refractivity contribution in [1.82, 2.24) is 0 Å². The molecule has 0 spiro atoms. The van der Waals surface area contributed by atoms with Crippen molar-refractivity contribution in [2.24, 2.45) is 5.41 Å². The van der Waals surface area contributed by atoms with Crippen LogP contribution in [0.2, 0.25) is 5.02 Å². The fraction of sp³-hybridized carbons (Fsp3) is 0.500. The van der Waals surface area contributed by atoms with Crippen LogP contribution < -0.4 is 10.5 Å². The molecule has 0 atom stereocenters. The summed E-state index contributed by atoms with van der Waals surface area (Å²) in [6.07, 6.45) is 0.984. The van der Waals surface area contributed by atoms with E-state index in [4.69, 9.17) is 22.1 Å². The molecule has 0 aliphatic carbocycles. The molecule has 2 N–H and O–H groups in total. The molecule has 84 valence electrons. The molecule has 0 bridgehead atoms. The lowest BCUT2D eigenvalue weighted by Crippen LogP contribution is -2.11. The van der Waals surface area contributed by atoms with Gasteiger partial charge in [0.25, 0.3) is 0 Å². The van der Waals surface area contributed by atoms with Crippen LogP contribution in [0.3, 0.4) is 0 Å². The zero-order chi connectivity index (χ0) is 11.5. The Labute approximate surface area is 96.4 Å². The van der Waals surface area contributed by atoms with Crippen LogP contribution in [0.15, 0.2) is 18.2 Å². The predicted octanol–water partition coefficient (Wildman–Crippen LogP) is 3.74. The average Bonchev–Trinajstić information content (AvgIpc) is 2.09.